The summed E-state index contributed by atoms with van der Waals surface area (Å²) in [5.74, 6) is 2.30. The zero-order valence-corrected chi connectivity index (χ0v) is 17.9. The molecule has 2 aromatic carbocycles. The van der Waals surface area contributed by atoms with Crippen LogP contribution in [0.1, 0.15) is 35.7 Å². The summed E-state index contributed by atoms with van der Waals surface area (Å²) < 4.78 is 27.8. The summed E-state index contributed by atoms with van der Waals surface area (Å²) in [5, 5.41) is 16.0. The van der Waals surface area contributed by atoms with Gasteiger partial charge in [0.25, 0.3) is 0 Å². The van der Waals surface area contributed by atoms with Crippen molar-refractivity contribution in [2.24, 2.45) is 0 Å². The van der Waals surface area contributed by atoms with Crippen molar-refractivity contribution in [1.82, 2.24) is 19.8 Å². The van der Waals surface area contributed by atoms with Crippen molar-refractivity contribution in [1.29, 1.82) is 0 Å². The average Bonchev–Trinajstić information content (AvgIpc) is 3.50. The number of sulfonamides is 1. The van der Waals surface area contributed by atoms with Crippen molar-refractivity contribution < 1.29 is 8.42 Å². The molecule has 1 saturated carbocycles. The van der Waals surface area contributed by atoms with Gasteiger partial charge in [-0.3, -0.25) is 4.72 Å². The number of rotatable bonds is 4. The third-order valence-corrected chi connectivity index (χ3v) is 6.64. The van der Waals surface area contributed by atoms with Gasteiger partial charge in [0.05, 0.1) is 6.26 Å². The van der Waals surface area contributed by atoms with E-state index in [1.807, 2.05) is 34.8 Å². The topological polar surface area (TPSA) is 92.5 Å². The van der Waals surface area contributed by atoms with Gasteiger partial charge in [-0.25, -0.2) is 8.42 Å². The number of aromatic nitrogens is 4. The molecule has 0 radical (unpaired) electrons. The zero-order valence-electron chi connectivity index (χ0n) is 17.1. The van der Waals surface area contributed by atoms with Crippen LogP contribution in [0.4, 0.5) is 11.5 Å². The molecule has 4 aromatic rings. The van der Waals surface area contributed by atoms with E-state index in [4.69, 9.17) is 5.10 Å². The first-order valence-electron chi connectivity index (χ1n) is 10.4. The molecule has 3 heterocycles. The van der Waals surface area contributed by atoms with Gasteiger partial charge in [0.15, 0.2) is 17.3 Å². The summed E-state index contributed by atoms with van der Waals surface area (Å²) in [6, 6.07) is 14.0. The van der Waals surface area contributed by atoms with Gasteiger partial charge in [-0.1, -0.05) is 30.3 Å². The van der Waals surface area contributed by atoms with Crippen LogP contribution >= 0.6 is 0 Å². The lowest BCUT2D eigenvalue weighted by Crippen LogP contribution is -2.31. The molecule has 31 heavy (non-hydrogen) atoms. The first-order chi connectivity index (χ1) is 15.0. The van der Waals surface area contributed by atoms with Gasteiger partial charge in [-0.2, -0.15) is 4.52 Å². The second-order valence-corrected chi connectivity index (χ2v) is 10.2. The maximum absolute atomic E-state index is 11.6. The van der Waals surface area contributed by atoms with Crippen molar-refractivity contribution in [3.05, 3.63) is 59.4 Å². The van der Waals surface area contributed by atoms with Crippen LogP contribution in [-0.2, 0) is 23.0 Å². The van der Waals surface area contributed by atoms with Crippen molar-refractivity contribution in [3.8, 4) is 0 Å². The molecule has 0 unspecified atom stereocenters. The minimum atomic E-state index is -3.32. The fourth-order valence-electron chi connectivity index (χ4n) is 4.43. The summed E-state index contributed by atoms with van der Waals surface area (Å²) >= 11 is 0. The van der Waals surface area contributed by atoms with Gasteiger partial charge in [0.2, 0.25) is 10.0 Å². The lowest BCUT2D eigenvalue weighted by Gasteiger charge is -2.31. The Hall–Kier alpha value is -3.20. The average molecular weight is 435 g/mol. The van der Waals surface area contributed by atoms with Crippen LogP contribution in [-0.4, -0.2) is 41.0 Å². The lowest BCUT2D eigenvalue weighted by molar-refractivity contribution is 0.607. The Balaban J connectivity index is 1.45. The van der Waals surface area contributed by atoms with E-state index in [0.29, 0.717) is 18.2 Å². The second kappa shape index (κ2) is 6.65. The molecular weight excluding hydrogens is 412 g/mol. The predicted molar refractivity (Wildman–Crippen MR) is 120 cm³/mol. The van der Waals surface area contributed by atoms with Gasteiger partial charge in [-0.05, 0) is 42.5 Å². The standard InChI is InChI=1S/C22H22N6O2S/c1-31(29,30)26-17-9-8-14-10-11-27(13-16(14)12-17)22-19-5-3-2-4-18(19)21-24-23-20(15-6-7-15)28(21)25-22/h2-5,8-9,12,15,26H,6-7,10-11,13H2,1H3. The molecule has 6 rings (SSSR count). The number of fused-ring (bicyclic) bond motifs is 4. The minimum absolute atomic E-state index is 0.447. The van der Waals surface area contributed by atoms with E-state index >= 15 is 0 Å². The smallest absolute Gasteiger partial charge is 0.229 e. The number of benzene rings is 2. The van der Waals surface area contributed by atoms with Crippen molar-refractivity contribution >= 4 is 37.9 Å². The molecule has 0 atom stereocenters. The Morgan fingerprint density at radius 3 is 2.61 bits per heavy atom. The van der Waals surface area contributed by atoms with Crippen LogP contribution in [0, 0.1) is 0 Å². The van der Waals surface area contributed by atoms with Gasteiger partial charge < -0.3 is 4.90 Å². The zero-order chi connectivity index (χ0) is 21.2. The van der Waals surface area contributed by atoms with Crippen LogP contribution in [0.5, 0.6) is 0 Å². The maximum Gasteiger partial charge on any atom is 0.229 e. The van der Waals surface area contributed by atoms with Crippen LogP contribution in [0.25, 0.3) is 16.4 Å². The molecule has 0 saturated heterocycles. The number of anilines is 2. The van der Waals surface area contributed by atoms with E-state index < -0.39 is 10.0 Å². The number of nitrogens with zero attached hydrogens (tertiary/aromatic N) is 5. The molecular formula is C22H22N6O2S. The summed E-state index contributed by atoms with van der Waals surface area (Å²) in [6.45, 7) is 1.51. The normalized spacial score (nSPS) is 16.6. The molecule has 1 aliphatic carbocycles. The Bertz CT molecular complexity index is 1440. The van der Waals surface area contributed by atoms with E-state index in [0.717, 1.165) is 59.4 Å². The number of hydrogen-bond donors (Lipinski definition) is 1. The highest BCUT2D eigenvalue weighted by Crippen LogP contribution is 2.40. The van der Waals surface area contributed by atoms with Gasteiger partial charge in [0.1, 0.15) is 0 Å². The highest BCUT2D eigenvalue weighted by molar-refractivity contribution is 7.92. The van der Waals surface area contributed by atoms with Crippen LogP contribution < -0.4 is 9.62 Å². The molecule has 1 aliphatic heterocycles. The lowest BCUT2D eigenvalue weighted by atomic mass is 9.99. The molecule has 2 aromatic heterocycles. The fourth-order valence-corrected chi connectivity index (χ4v) is 4.98. The van der Waals surface area contributed by atoms with Crippen molar-refractivity contribution in [2.75, 3.05) is 22.4 Å². The Labute approximate surface area is 179 Å². The van der Waals surface area contributed by atoms with Gasteiger partial charge in [0, 0.05) is 35.5 Å². The maximum atomic E-state index is 11.6. The van der Waals surface area contributed by atoms with E-state index in [1.165, 1.54) is 11.8 Å². The molecule has 0 spiro atoms. The first-order valence-corrected chi connectivity index (χ1v) is 12.3. The number of nitrogens with one attached hydrogen (secondary N) is 1. The summed E-state index contributed by atoms with van der Waals surface area (Å²) in [7, 11) is -3.32. The van der Waals surface area contributed by atoms with Gasteiger partial charge >= 0.3 is 0 Å². The highest BCUT2D eigenvalue weighted by atomic mass is 32.2. The molecule has 158 valence electrons. The molecule has 8 nitrogen and oxygen atoms in total. The highest BCUT2D eigenvalue weighted by Gasteiger charge is 2.30. The Morgan fingerprint density at radius 2 is 1.84 bits per heavy atom. The Kier molecular flexibility index (Phi) is 3.98. The van der Waals surface area contributed by atoms with Crippen LogP contribution in [0.15, 0.2) is 42.5 Å². The first kappa shape index (κ1) is 18.6. The summed E-state index contributed by atoms with van der Waals surface area (Å²) in [4.78, 5) is 2.27. The van der Waals surface area contributed by atoms with E-state index in [1.54, 1.807) is 0 Å². The minimum Gasteiger partial charge on any atom is -0.350 e. The van der Waals surface area contributed by atoms with E-state index in [-0.39, 0.29) is 0 Å². The SMILES string of the molecule is CS(=O)(=O)Nc1ccc2c(c1)CN(c1nn3c(C4CC4)nnc3c3ccccc13)CC2. The largest absolute Gasteiger partial charge is 0.350 e. The van der Waals surface area contributed by atoms with Crippen LogP contribution in [0.2, 0.25) is 0 Å². The molecule has 1 N–H and O–H groups in total. The third-order valence-electron chi connectivity index (χ3n) is 6.03. The third kappa shape index (κ3) is 3.29. The number of hydrogen-bond acceptors (Lipinski definition) is 6. The predicted octanol–water partition coefficient (Wildman–Crippen LogP) is 3.09. The Morgan fingerprint density at radius 1 is 1.03 bits per heavy atom. The fraction of sp³-hybridized carbons (Fsp3) is 0.318. The van der Waals surface area contributed by atoms with Crippen LogP contribution in [0.3, 0.4) is 0 Å². The summed E-state index contributed by atoms with van der Waals surface area (Å²) in [6.07, 6.45) is 4.32. The van der Waals surface area contributed by atoms with E-state index in [2.05, 4.69) is 32.0 Å². The van der Waals surface area contributed by atoms with E-state index in [9.17, 15) is 8.42 Å². The summed E-state index contributed by atoms with van der Waals surface area (Å²) in [5.41, 5.74) is 3.74. The molecule has 0 amide bonds. The van der Waals surface area contributed by atoms with Crippen molar-refractivity contribution in [2.45, 2.75) is 31.7 Å². The second-order valence-electron chi connectivity index (χ2n) is 8.47. The molecule has 2 aliphatic rings. The molecule has 0 bridgehead atoms. The molecule has 1 fully saturated rings. The van der Waals surface area contributed by atoms with Crippen molar-refractivity contribution in [3.63, 3.8) is 0 Å². The van der Waals surface area contributed by atoms with Gasteiger partial charge in [-0.15, -0.1) is 15.3 Å². The quantitative estimate of drug-likeness (QED) is 0.531. The molecule has 9 heteroatoms. The monoisotopic (exact) mass is 434 g/mol.